The van der Waals surface area contributed by atoms with E-state index in [0.29, 0.717) is 5.92 Å². The molecule has 0 aromatic carbocycles. The number of rotatable bonds is 3. The average Bonchev–Trinajstić information content (AvgIpc) is 2.29. The van der Waals surface area contributed by atoms with Gasteiger partial charge in [-0.05, 0) is 31.6 Å². The van der Waals surface area contributed by atoms with Crippen molar-refractivity contribution >= 4 is 0 Å². The quantitative estimate of drug-likeness (QED) is 0.810. The molecule has 0 aromatic rings. The summed E-state index contributed by atoms with van der Waals surface area (Å²) in [4.78, 5) is 2.52. The van der Waals surface area contributed by atoms with Gasteiger partial charge in [0.25, 0.3) is 0 Å². The van der Waals surface area contributed by atoms with Gasteiger partial charge in [-0.2, -0.15) is 0 Å². The van der Waals surface area contributed by atoms with E-state index in [9.17, 15) is 5.11 Å². The molecule has 106 valence electrons. The highest BCUT2D eigenvalue weighted by Gasteiger charge is 2.43. The Kier molecular flexibility index (Phi) is 4.05. The minimum atomic E-state index is -0.354. The topological polar surface area (TPSA) is 49.5 Å². The Balaban J connectivity index is 1.95. The summed E-state index contributed by atoms with van der Waals surface area (Å²) in [6, 6.07) is 0.213. The van der Waals surface area contributed by atoms with Crippen LogP contribution in [0.3, 0.4) is 0 Å². The van der Waals surface area contributed by atoms with Gasteiger partial charge in [-0.1, -0.05) is 26.7 Å². The molecule has 3 N–H and O–H groups in total. The molecule has 0 bridgehead atoms. The number of nitrogens with two attached hydrogens (primary N) is 1. The predicted octanol–water partition coefficient (Wildman–Crippen LogP) is 1.99. The highest BCUT2D eigenvalue weighted by Crippen LogP contribution is 2.40. The lowest BCUT2D eigenvalue weighted by Crippen LogP contribution is -2.56. The molecule has 1 saturated carbocycles. The first-order chi connectivity index (χ1) is 8.33. The number of fused-ring (bicyclic) bond motifs is 1. The third-order valence-corrected chi connectivity index (χ3v) is 5.38. The minimum Gasteiger partial charge on any atom is -0.390 e. The highest BCUT2D eigenvalue weighted by molar-refractivity contribution is 4.96. The Morgan fingerprint density at radius 3 is 2.78 bits per heavy atom. The Bertz CT molecular complexity index is 290. The van der Waals surface area contributed by atoms with Gasteiger partial charge < -0.3 is 15.7 Å². The molecule has 2 rings (SSSR count). The summed E-state index contributed by atoms with van der Waals surface area (Å²) in [6.07, 6.45) is 5.66. The van der Waals surface area contributed by atoms with Gasteiger partial charge in [-0.25, -0.2) is 0 Å². The smallest absolute Gasteiger partial charge is 0.0700 e. The van der Waals surface area contributed by atoms with Gasteiger partial charge in [0, 0.05) is 31.6 Å². The number of likely N-dealkylation sites (tertiary alicyclic amines) is 1. The number of aliphatic hydroxyl groups is 1. The van der Waals surface area contributed by atoms with Gasteiger partial charge in [0.15, 0.2) is 0 Å². The van der Waals surface area contributed by atoms with E-state index in [1.54, 1.807) is 0 Å². The van der Waals surface area contributed by atoms with Crippen molar-refractivity contribution in [1.29, 1.82) is 0 Å². The number of nitrogens with zero attached hydrogens (tertiary/aromatic N) is 1. The standard InChI is InChI=1S/C15H30N2O/c1-12(16)14(2,3)11-17-9-8-15(18)7-5-4-6-13(15)10-17/h12-13,18H,4-11,16H2,1-3H3. The Morgan fingerprint density at radius 2 is 2.11 bits per heavy atom. The molecule has 0 radical (unpaired) electrons. The molecule has 2 aliphatic rings. The highest BCUT2D eigenvalue weighted by atomic mass is 16.3. The number of hydrogen-bond acceptors (Lipinski definition) is 3. The van der Waals surface area contributed by atoms with Crippen molar-refractivity contribution in [3.63, 3.8) is 0 Å². The van der Waals surface area contributed by atoms with E-state index in [4.69, 9.17) is 5.73 Å². The lowest BCUT2D eigenvalue weighted by Gasteiger charge is -2.49. The van der Waals surface area contributed by atoms with Crippen LogP contribution in [0, 0.1) is 11.3 Å². The third kappa shape index (κ3) is 2.89. The summed E-state index contributed by atoms with van der Waals surface area (Å²) < 4.78 is 0. The molecule has 3 heteroatoms. The van der Waals surface area contributed by atoms with Crippen molar-refractivity contribution in [3.8, 4) is 0 Å². The van der Waals surface area contributed by atoms with Crippen LogP contribution in [-0.2, 0) is 0 Å². The molecule has 1 aliphatic carbocycles. The summed E-state index contributed by atoms with van der Waals surface area (Å²) in [6.45, 7) is 9.74. The molecule has 3 atom stereocenters. The van der Waals surface area contributed by atoms with Crippen molar-refractivity contribution < 1.29 is 5.11 Å². The van der Waals surface area contributed by atoms with Gasteiger partial charge in [0.1, 0.15) is 0 Å². The van der Waals surface area contributed by atoms with Gasteiger partial charge in [-0.15, -0.1) is 0 Å². The first kappa shape index (κ1) is 14.3. The van der Waals surface area contributed by atoms with Gasteiger partial charge >= 0.3 is 0 Å². The van der Waals surface area contributed by atoms with Crippen LogP contribution in [0.25, 0.3) is 0 Å². The maximum absolute atomic E-state index is 10.7. The molecule has 1 heterocycles. The van der Waals surface area contributed by atoms with E-state index in [1.807, 2.05) is 0 Å². The second kappa shape index (κ2) is 5.10. The van der Waals surface area contributed by atoms with E-state index in [2.05, 4.69) is 25.7 Å². The van der Waals surface area contributed by atoms with Crippen molar-refractivity contribution in [2.24, 2.45) is 17.1 Å². The summed E-state index contributed by atoms with van der Waals surface area (Å²) in [5.41, 5.74) is 5.87. The van der Waals surface area contributed by atoms with Crippen LogP contribution in [0.2, 0.25) is 0 Å². The molecule has 1 saturated heterocycles. The molecule has 2 fully saturated rings. The van der Waals surface area contributed by atoms with Crippen LogP contribution >= 0.6 is 0 Å². The van der Waals surface area contributed by atoms with Crippen LogP contribution in [0.1, 0.15) is 52.9 Å². The summed E-state index contributed by atoms with van der Waals surface area (Å²) >= 11 is 0. The van der Waals surface area contributed by atoms with E-state index in [0.717, 1.165) is 32.5 Å². The van der Waals surface area contributed by atoms with Crippen LogP contribution in [0.5, 0.6) is 0 Å². The van der Waals surface area contributed by atoms with Crippen molar-refractivity contribution in [2.75, 3.05) is 19.6 Å². The number of piperidine rings is 1. The van der Waals surface area contributed by atoms with E-state index >= 15 is 0 Å². The molecule has 0 aromatic heterocycles. The molecular formula is C15H30N2O. The monoisotopic (exact) mass is 254 g/mol. The lowest BCUT2D eigenvalue weighted by atomic mass is 9.71. The first-order valence-electron chi connectivity index (χ1n) is 7.54. The van der Waals surface area contributed by atoms with Gasteiger partial charge in [0.05, 0.1) is 5.60 Å². The van der Waals surface area contributed by atoms with E-state index < -0.39 is 0 Å². The first-order valence-corrected chi connectivity index (χ1v) is 7.54. The lowest BCUT2D eigenvalue weighted by molar-refractivity contribution is -0.100. The predicted molar refractivity (Wildman–Crippen MR) is 75.4 cm³/mol. The second-order valence-corrected chi connectivity index (χ2v) is 7.31. The van der Waals surface area contributed by atoms with Gasteiger partial charge in [0.2, 0.25) is 0 Å². The van der Waals surface area contributed by atoms with Crippen molar-refractivity contribution in [2.45, 2.75) is 64.5 Å². The largest absolute Gasteiger partial charge is 0.390 e. The maximum atomic E-state index is 10.7. The van der Waals surface area contributed by atoms with E-state index in [1.165, 1.54) is 19.3 Å². The zero-order valence-corrected chi connectivity index (χ0v) is 12.3. The van der Waals surface area contributed by atoms with Crippen LogP contribution in [-0.4, -0.2) is 41.3 Å². The summed E-state index contributed by atoms with van der Waals surface area (Å²) in [7, 11) is 0. The third-order valence-electron chi connectivity index (χ3n) is 5.38. The summed E-state index contributed by atoms with van der Waals surface area (Å²) in [5.74, 6) is 0.490. The minimum absolute atomic E-state index is 0.157. The van der Waals surface area contributed by atoms with Crippen LogP contribution in [0.4, 0.5) is 0 Å². The normalized spacial score (nSPS) is 36.2. The van der Waals surface area contributed by atoms with E-state index in [-0.39, 0.29) is 17.1 Å². The zero-order valence-electron chi connectivity index (χ0n) is 12.3. The molecule has 3 nitrogen and oxygen atoms in total. The van der Waals surface area contributed by atoms with Gasteiger partial charge in [-0.3, -0.25) is 0 Å². The Morgan fingerprint density at radius 1 is 1.39 bits per heavy atom. The maximum Gasteiger partial charge on any atom is 0.0700 e. The summed E-state index contributed by atoms with van der Waals surface area (Å²) in [5, 5.41) is 10.7. The zero-order chi connectivity index (χ0) is 13.4. The Labute approximate surface area is 112 Å². The van der Waals surface area contributed by atoms with Crippen molar-refractivity contribution in [1.82, 2.24) is 4.90 Å². The molecule has 0 amide bonds. The number of hydrogen-bond donors (Lipinski definition) is 2. The second-order valence-electron chi connectivity index (χ2n) is 7.31. The molecule has 1 aliphatic heterocycles. The molecule has 3 unspecified atom stereocenters. The van der Waals surface area contributed by atoms with Crippen LogP contribution in [0.15, 0.2) is 0 Å². The fourth-order valence-electron chi connectivity index (χ4n) is 3.50. The van der Waals surface area contributed by atoms with Crippen LogP contribution < -0.4 is 5.73 Å². The van der Waals surface area contributed by atoms with Crippen molar-refractivity contribution in [3.05, 3.63) is 0 Å². The average molecular weight is 254 g/mol. The fraction of sp³-hybridized carbons (Fsp3) is 1.00. The fourth-order valence-corrected chi connectivity index (χ4v) is 3.50. The Hall–Kier alpha value is -0.120. The molecule has 0 spiro atoms. The molecular weight excluding hydrogens is 224 g/mol. The SMILES string of the molecule is CC(N)C(C)(C)CN1CCC2(O)CCCCC2C1. The molecule has 18 heavy (non-hydrogen) atoms.